The van der Waals surface area contributed by atoms with E-state index in [-0.39, 0.29) is 0 Å². The van der Waals surface area contributed by atoms with Crippen LogP contribution in [-0.4, -0.2) is 9.78 Å². The third-order valence-electron chi connectivity index (χ3n) is 2.79. The van der Waals surface area contributed by atoms with Gasteiger partial charge >= 0.3 is 0 Å². The van der Waals surface area contributed by atoms with Crippen molar-refractivity contribution in [2.75, 3.05) is 0 Å². The fourth-order valence-corrected chi connectivity index (χ4v) is 2.21. The van der Waals surface area contributed by atoms with Crippen molar-refractivity contribution in [3.8, 4) is 0 Å². The van der Waals surface area contributed by atoms with Crippen molar-refractivity contribution in [3.63, 3.8) is 0 Å². The summed E-state index contributed by atoms with van der Waals surface area (Å²) in [7, 11) is 0. The molecule has 3 heteroatoms. The van der Waals surface area contributed by atoms with Crippen molar-refractivity contribution in [2.24, 2.45) is 0 Å². The summed E-state index contributed by atoms with van der Waals surface area (Å²) in [5.41, 5.74) is 2.29. The molecule has 1 heterocycles. The molecule has 17 heavy (non-hydrogen) atoms. The summed E-state index contributed by atoms with van der Waals surface area (Å²) in [6, 6.07) is 18.3. The molecule has 3 aromatic rings. The minimum absolute atomic E-state index is 0.566. The molecule has 2 nitrogen and oxygen atoms in total. The van der Waals surface area contributed by atoms with Crippen molar-refractivity contribution in [2.45, 2.75) is 6.54 Å². The fraction of sp³-hybridized carbons (Fsp3) is 0.0714. The summed E-state index contributed by atoms with van der Waals surface area (Å²) >= 11 is 6.11. The predicted molar refractivity (Wildman–Crippen MR) is 70.3 cm³/mol. The largest absolute Gasteiger partial charge is 0.259 e. The fourth-order valence-electron chi connectivity index (χ4n) is 1.96. The molecule has 2 aromatic carbocycles. The van der Waals surface area contributed by atoms with Crippen LogP contribution >= 0.6 is 11.6 Å². The maximum absolute atomic E-state index is 6.11. The molecule has 0 atom stereocenters. The topological polar surface area (TPSA) is 17.8 Å². The standard InChI is InChI=1S/C14H11ClN2/c15-14-12-8-4-5-9-13(12)17(16-14)10-11-6-2-1-3-7-11/h1-9H,10H2. The molecule has 0 saturated carbocycles. The Labute approximate surface area is 104 Å². The Hall–Kier alpha value is -1.80. The number of nitrogens with zero attached hydrogens (tertiary/aromatic N) is 2. The number of benzene rings is 2. The second-order valence-electron chi connectivity index (χ2n) is 3.95. The highest BCUT2D eigenvalue weighted by Gasteiger charge is 2.07. The first-order valence-electron chi connectivity index (χ1n) is 5.49. The summed E-state index contributed by atoms with van der Waals surface area (Å²) in [6.07, 6.45) is 0. The van der Waals surface area contributed by atoms with Gasteiger partial charge in [0.05, 0.1) is 12.1 Å². The van der Waals surface area contributed by atoms with Gasteiger partial charge in [-0.25, -0.2) is 0 Å². The van der Waals surface area contributed by atoms with Crippen LogP contribution in [0.3, 0.4) is 0 Å². The van der Waals surface area contributed by atoms with Gasteiger partial charge in [0, 0.05) is 5.39 Å². The van der Waals surface area contributed by atoms with Gasteiger partial charge in [0.25, 0.3) is 0 Å². The van der Waals surface area contributed by atoms with Crippen molar-refractivity contribution in [3.05, 3.63) is 65.3 Å². The van der Waals surface area contributed by atoms with E-state index < -0.39 is 0 Å². The molecule has 0 aliphatic rings. The van der Waals surface area contributed by atoms with Gasteiger partial charge in [-0.2, -0.15) is 5.10 Å². The highest BCUT2D eigenvalue weighted by Crippen LogP contribution is 2.22. The van der Waals surface area contributed by atoms with E-state index in [1.54, 1.807) is 0 Å². The number of halogens is 1. The molecule has 0 radical (unpaired) electrons. The van der Waals surface area contributed by atoms with Crippen LogP contribution in [0.2, 0.25) is 5.15 Å². The molecule has 0 fully saturated rings. The van der Waals surface area contributed by atoms with Crippen LogP contribution in [0.15, 0.2) is 54.6 Å². The smallest absolute Gasteiger partial charge is 0.158 e. The molecule has 0 saturated heterocycles. The van der Waals surface area contributed by atoms with Crippen molar-refractivity contribution in [1.82, 2.24) is 9.78 Å². The number of rotatable bonds is 2. The Kier molecular flexibility index (Phi) is 2.57. The third kappa shape index (κ3) is 1.92. The number of fused-ring (bicyclic) bond motifs is 1. The van der Waals surface area contributed by atoms with Crippen molar-refractivity contribution < 1.29 is 0 Å². The van der Waals surface area contributed by atoms with Gasteiger partial charge in [0.2, 0.25) is 0 Å². The molecule has 0 N–H and O–H groups in total. The SMILES string of the molecule is Clc1nn(Cc2ccccc2)c2ccccc12. The lowest BCUT2D eigenvalue weighted by molar-refractivity contribution is 0.712. The van der Waals surface area contributed by atoms with E-state index in [1.165, 1.54) is 5.56 Å². The molecule has 0 unspecified atom stereocenters. The average molecular weight is 243 g/mol. The maximum Gasteiger partial charge on any atom is 0.158 e. The number of hydrogen-bond acceptors (Lipinski definition) is 1. The van der Waals surface area contributed by atoms with E-state index in [0.717, 1.165) is 17.4 Å². The maximum atomic E-state index is 6.11. The second kappa shape index (κ2) is 4.22. The quantitative estimate of drug-likeness (QED) is 0.669. The van der Waals surface area contributed by atoms with Crippen LogP contribution in [0, 0.1) is 0 Å². The van der Waals surface area contributed by atoms with Gasteiger partial charge in [-0.3, -0.25) is 4.68 Å². The van der Waals surface area contributed by atoms with Gasteiger partial charge in [-0.1, -0.05) is 54.1 Å². The van der Waals surface area contributed by atoms with E-state index in [4.69, 9.17) is 11.6 Å². The molecule has 0 bridgehead atoms. The summed E-state index contributed by atoms with van der Waals surface area (Å²) in [6.45, 7) is 0.744. The molecule has 3 rings (SSSR count). The van der Waals surface area contributed by atoms with Crippen LogP contribution in [0.1, 0.15) is 5.56 Å². The molecule has 1 aromatic heterocycles. The molecule has 0 aliphatic carbocycles. The average Bonchev–Trinajstić information content (AvgIpc) is 2.69. The monoisotopic (exact) mass is 242 g/mol. The normalized spacial score (nSPS) is 10.9. The van der Waals surface area contributed by atoms with Gasteiger partial charge in [0.15, 0.2) is 5.15 Å². The zero-order valence-electron chi connectivity index (χ0n) is 9.18. The van der Waals surface area contributed by atoms with Crippen LogP contribution in [-0.2, 0) is 6.54 Å². The van der Waals surface area contributed by atoms with Gasteiger partial charge < -0.3 is 0 Å². The Morgan fingerprint density at radius 3 is 2.47 bits per heavy atom. The van der Waals surface area contributed by atoms with Crippen LogP contribution < -0.4 is 0 Å². The van der Waals surface area contributed by atoms with Crippen LogP contribution in [0.25, 0.3) is 10.9 Å². The van der Waals surface area contributed by atoms with E-state index in [9.17, 15) is 0 Å². The van der Waals surface area contributed by atoms with Crippen molar-refractivity contribution in [1.29, 1.82) is 0 Å². The van der Waals surface area contributed by atoms with Gasteiger partial charge in [-0.05, 0) is 17.7 Å². The third-order valence-corrected chi connectivity index (χ3v) is 3.07. The van der Waals surface area contributed by atoms with Crippen LogP contribution in [0.4, 0.5) is 0 Å². The number of para-hydroxylation sites is 1. The lowest BCUT2D eigenvalue weighted by Crippen LogP contribution is -2.00. The first kappa shape index (κ1) is 10.4. The lowest BCUT2D eigenvalue weighted by atomic mass is 10.2. The molecule has 0 spiro atoms. The Bertz CT molecular complexity index is 644. The summed E-state index contributed by atoms with van der Waals surface area (Å²) < 4.78 is 1.94. The van der Waals surface area contributed by atoms with E-state index in [2.05, 4.69) is 17.2 Å². The van der Waals surface area contributed by atoms with Crippen molar-refractivity contribution >= 4 is 22.5 Å². The summed E-state index contributed by atoms with van der Waals surface area (Å²) in [5, 5.41) is 5.94. The summed E-state index contributed by atoms with van der Waals surface area (Å²) in [5.74, 6) is 0. The van der Waals surface area contributed by atoms with Gasteiger partial charge in [0.1, 0.15) is 0 Å². The molecule has 0 amide bonds. The molecule has 84 valence electrons. The zero-order chi connectivity index (χ0) is 11.7. The first-order chi connectivity index (χ1) is 8.34. The Morgan fingerprint density at radius 1 is 0.941 bits per heavy atom. The van der Waals surface area contributed by atoms with E-state index in [1.807, 2.05) is 47.1 Å². The summed E-state index contributed by atoms with van der Waals surface area (Å²) in [4.78, 5) is 0. The Balaban J connectivity index is 2.07. The van der Waals surface area contributed by atoms with E-state index >= 15 is 0 Å². The molecular weight excluding hydrogens is 232 g/mol. The number of aromatic nitrogens is 2. The lowest BCUT2D eigenvalue weighted by Gasteiger charge is -2.03. The minimum atomic E-state index is 0.566. The molecule has 0 aliphatic heterocycles. The Morgan fingerprint density at radius 2 is 1.65 bits per heavy atom. The van der Waals surface area contributed by atoms with Crippen LogP contribution in [0.5, 0.6) is 0 Å². The molecular formula is C14H11ClN2. The zero-order valence-corrected chi connectivity index (χ0v) is 9.93. The predicted octanol–water partition coefficient (Wildman–Crippen LogP) is 3.74. The van der Waals surface area contributed by atoms with E-state index in [0.29, 0.717) is 5.15 Å². The highest BCUT2D eigenvalue weighted by atomic mass is 35.5. The number of hydrogen-bond donors (Lipinski definition) is 0. The first-order valence-corrected chi connectivity index (χ1v) is 5.87. The highest BCUT2D eigenvalue weighted by molar-refractivity contribution is 6.34. The van der Waals surface area contributed by atoms with Gasteiger partial charge in [-0.15, -0.1) is 0 Å². The second-order valence-corrected chi connectivity index (χ2v) is 4.31. The minimum Gasteiger partial charge on any atom is -0.259 e.